The number of likely N-dealkylation sites (N-methyl/N-ethyl adjacent to an activating group) is 2. The summed E-state index contributed by atoms with van der Waals surface area (Å²) in [6, 6.07) is 0. The molecular formula is C11H18N2O. The fourth-order valence-corrected chi connectivity index (χ4v) is 1.71. The Morgan fingerprint density at radius 1 is 1.57 bits per heavy atom. The lowest BCUT2D eigenvalue weighted by molar-refractivity contribution is -0.118. The number of nitrogens with one attached hydrogen (secondary N) is 2. The Bertz CT molecular complexity index is 281. The molecule has 0 fully saturated rings. The standard InChI is InChI=1S/C11H18N2O/c1-9(14)8-11(13-3)6-4-10(12-2)5-7-11/h4-6,12-13H,7-8H2,1-3H3. The first kappa shape index (κ1) is 11.0. The lowest BCUT2D eigenvalue weighted by Gasteiger charge is -2.31. The maximum Gasteiger partial charge on any atom is 0.132 e. The molecule has 1 rings (SSSR count). The van der Waals surface area contributed by atoms with Crippen molar-refractivity contribution >= 4 is 5.78 Å². The van der Waals surface area contributed by atoms with Gasteiger partial charge in [-0.25, -0.2) is 0 Å². The molecule has 0 aromatic rings. The fraction of sp³-hybridized carbons (Fsp3) is 0.545. The van der Waals surface area contributed by atoms with Crippen LogP contribution in [0.3, 0.4) is 0 Å². The molecular weight excluding hydrogens is 176 g/mol. The van der Waals surface area contributed by atoms with Gasteiger partial charge in [0.25, 0.3) is 0 Å². The van der Waals surface area contributed by atoms with E-state index in [4.69, 9.17) is 0 Å². The molecule has 0 aliphatic heterocycles. The number of allylic oxidation sites excluding steroid dienone is 1. The minimum atomic E-state index is -0.174. The summed E-state index contributed by atoms with van der Waals surface area (Å²) < 4.78 is 0. The quantitative estimate of drug-likeness (QED) is 0.701. The molecule has 78 valence electrons. The third-order valence-corrected chi connectivity index (χ3v) is 2.62. The van der Waals surface area contributed by atoms with Gasteiger partial charge in [0.2, 0.25) is 0 Å². The Kier molecular flexibility index (Phi) is 3.47. The highest BCUT2D eigenvalue weighted by Crippen LogP contribution is 2.23. The number of Topliss-reactive ketones (excluding diaryl/α,β-unsaturated/α-hetero) is 1. The molecule has 1 atom stereocenters. The average Bonchev–Trinajstić information content (AvgIpc) is 2.18. The summed E-state index contributed by atoms with van der Waals surface area (Å²) in [5.41, 5.74) is 0.936. The van der Waals surface area contributed by atoms with Gasteiger partial charge in [-0.05, 0) is 26.5 Å². The van der Waals surface area contributed by atoms with Gasteiger partial charge in [0.05, 0.1) is 0 Å². The summed E-state index contributed by atoms with van der Waals surface area (Å²) in [7, 11) is 3.79. The summed E-state index contributed by atoms with van der Waals surface area (Å²) in [4.78, 5) is 11.1. The molecule has 0 aromatic carbocycles. The van der Waals surface area contributed by atoms with E-state index in [0.29, 0.717) is 6.42 Å². The van der Waals surface area contributed by atoms with Gasteiger partial charge in [-0.15, -0.1) is 0 Å². The van der Waals surface area contributed by atoms with E-state index in [9.17, 15) is 4.79 Å². The molecule has 0 saturated heterocycles. The van der Waals surface area contributed by atoms with Crippen molar-refractivity contribution in [3.05, 3.63) is 23.9 Å². The van der Waals surface area contributed by atoms with Crippen molar-refractivity contribution in [2.24, 2.45) is 0 Å². The van der Waals surface area contributed by atoms with Crippen molar-refractivity contribution in [2.75, 3.05) is 14.1 Å². The second kappa shape index (κ2) is 4.42. The zero-order valence-corrected chi connectivity index (χ0v) is 9.05. The van der Waals surface area contributed by atoms with E-state index in [1.54, 1.807) is 6.92 Å². The van der Waals surface area contributed by atoms with Gasteiger partial charge in [-0.2, -0.15) is 0 Å². The first-order valence-electron chi connectivity index (χ1n) is 4.87. The maximum atomic E-state index is 11.1. The normalized spacial score (nSPS) is 25.8. The highest BCUT2D eigenvalue weighted by Gasteiger charge is 2.27. The van der Waals surface area contributed by atoms with Gasteiger partial charge < -0.3 is 10.6 Å². The number of hydrogen-bond donors (Lipinski definition) is 2. The van der Waals surface area contributed by atoms with Crippen LogP contribution in [0.2, 0.25) is 0 Å². The third kappa shape index (κ3) is 2.45. The molecule has 1 aliphatic rings. The Morgan fingerprint density at radius 3 is 2.64 bits per heavy atom. The molecule has 0 heterocycles. The Morgan fingerprint density at radius 2 is 2.29 bits per heavy atom. The second-order valence-electron chi connectivity index (χ2n) is 3.73. The molecule has 0 aromatic heterocycles. The molecule has 3 nitrogen and oxygen atoms in total. The van der Waals surface area contributed by atoms with E-state index >= 15 is 0 Å². The number of carbonyl (C=O) groups excluding carboxylic acids is 1. The van der Waals surface area contributed by atoms with Gasteiger partial charge >= 0.3 is 0 Å². The monoisotopic (exact) mass is 194 g/mol. The number of hydrogen-bond acceptors (Lipinski definition) is 3. The minimum Gasteiger partial charge on any atom is -0.388 e. The predicted molar refractivity (Wildman–Crippen MR) is 58.0 cm³/mol. The van der Waals surface area contributed by atoms with Crippen LogP contribution >= 0.6 is 0 Å². The number of carbonyl (C=O) groups is 1. The van der Waals surface area contributed by atoms with Crippen LogP contribution in [0.4, 0.5) is 0 Å². The third-order valence-electron chi connectivity index (χ3n) is 2.62. The topological polar surface area (TPSA) is 41.1 Å². The molecule has 2 N–H and O–H groups in total. The molecule has 1 aliphatic carbocycles. The van der Waals surface area contributed by atoms with Gasteiger partial charge in [-0.1, -0.05) is 12.2 Å². The molecule has 0 spiro atoms. The molecule has 1 unspecified atom stereocenters. The average molecular weight is 194 g/mol. The summed E-state index contributed by atoms with van der Waals surface area (Å²) >= 11 is 0. The first-order chi connectivity index (χ1) is 6.62. The van der Waals surface area contributed by atoms with Crippen LogP contribution in [-0.4, -0.2) is 25.4 Å². The Hall–Kier alpha value is -1.09. The van der Waals surface area contributed by atoms with E-state index in [1.807, 2.05) is 20.2 Å². The smallest absolute Gasteiger partial charge is 0.132 e. The number of rotatable bonds is 4. The number of ketones is 1. The van der Waals surface area contributed by atoms with Crippen molar-refractivity contribution in [3.8, 4) is 0 Å². The lowest BCUT2D eigenvalue weighted by Crippen LogP contribution is -2.43. The van der Waals surface area contributed by atoms with Gasteiger partial charge in [-0.3, -0.25) is 4.79 Å². The van der Waals surface area contributed by atoms with Crippen LogP contribution in [0, 0.1) is 0 Å². The van der Waals surface area contributed by atoms with Crippen molar-refractivity contribution in [3.63, 3.8) is 0 Å². The highest BCUT2D eigenvalue weighted by molar-refractivity contribution is 5.77. The highest BCUT2D eigenvalue weighted by atomic mass is 16.1. The minimum absolute atomic E-state index is 0.174. The molecule has 0 saturated carbocycles. The molecule has 14 heavy (non-hydrogen) atoms. The summed E-state index contributed by atoms with van der Waals surface area (Å²) in [6.45, 7) is 1.63. The van der Waals surface area contributed by atoms with Gasteiger partial charge in [0.15, 0.2) is 0 Å². The van der Waals surface area contributed by atoms with Crippen molar-refractivity contribution in [1.29, 1.82) is 0 Å². The Labute approximate surface area is 85.3 Å². The van der Waals surface area contributed by atoms with Crippen LogP contribution in [-0.2, 0) is 4.79 Å². The van der Waals surface area contributed by atoms with E-state index < -0.39 is 0 Å². The van der Waals surface area contributed by atoms with Crippen LogP contribution in [0.15, 0.2) is 23.9 Å². The van der Waals surface area contributed by atoms with Crippen molar-refractivity contribution in [1.82, 2.24) is 10.6 Å². The van der Waals surface area contributed by atoms with E-state index in [0.717, 1.165) is 12.1 Å². The van der Waals surface area contributed by atoms with Crippen molar-refractivity contribution < 1.29 is 4.79 Å². The SMILES string of the molecule is CNC1=CCC(CC(C)=O)(NC)C=C1. The first-order valence-corrected chi connectivity index (χ1v) is 4.87. The van der Waals surface area contributed by atoms with E-state index in [1.165, 1.54) is 0 Å². The van der Waals surface area contributed by atoms with Gasteiger partial charge in [0.1, 0.15) is 5.78 Å². The molecule has 0 radical (unpaired) electrons. The van der Waals surface area contributed by atoms with Crippen LogP contribution in [0.1, 0.15) is 19.8 Å². The summed E-state index contributed by atoms with van der Waals surface area (Å²) in [5, 5.41) is 6.29. The largest absolute Gasteiger partial charge is 0.388 e. The van der Waals surface area contributed by atoms with Crippen molar-refractivity contribution in [2.45, 2.75) is 25.3 Å². The van der Waals surface area contributed by atoms with Crippen LogP contribution in [0.25, 0.3) is 0 Å². The molecule has 0 bridgehead atoms. The predicted octanol–water partition coefficient (Wildman–Crippen LogP) is 0.987. The second-order valence-corrected chi connectivity index (χ2v) is 3.73. The van der Waals surface area contributed by atoms with Crippen LogP contribution < -0.4 is 10.6 Å². The summed E-state index contributed by atoms with van der Waals surface area (Å²) in [5.74, 6) is 0.213. The lowest BCUT2D eigenvalue weighted by atomic mass is 9.86. The van der Waals surface area contributed by atoms with E-state index in [-0.39, 0.29) is 11.3 Å². The molecule has 3 heteroatoms. The fourth-order valence-electron chi connectivity index (χ4n) is 1.71. The van der Waals surface area contributed by atoms with Crippen LogP contribution in [0.5, 0.6) is 0 Å². The molecule has 0 amide bonds. The van der Waals surface area contributed by atoms with Gasteiger partial charge in [0, 0.05) is 24.7 Å². The Balaban J connectivity index is 2.72. The van der Waals surface area contributed by atoms with E-state index in [2.05, 4.69) is 22.8 Å². The zero-order chi connectivity index (χ0) is 10.6. The maximum absolute atomic E-state index is 11.1. The zero-order valence-electron chi connectivity index (χ0n) is 9.05. The summed E-state index contributed by atoms with van der Waals surface area (Å²) in [6.07, 6.45) is 7.60.